The molecule has 2 rings (SSSR count). The molecule has 1 aromatic carbocycles. The monoisotopic (exact) mass is 230 g/mol. The zero-order valence-electron chi connectivity index (χ0n) is 9.46. The van der Waals surface area contributed by atoms with E-state index in [2.05, 4.69) is 0 Å². The Labute approximate surface area is 94.8 Å². The number of benzene rings is 1. The van der Waals surface area contributed by atoms with Crippen molar-refractivity contribution in [3.05, 3.63) is 34.6 Å². The molecule has 1 aromatic rings. The van der Waals surface area contributed by atoms with Gasteiger partial charge in [-0.25, -0.2) is 4.39 Å². The first-order valence-corrected chi connectivity index (χ1v) is 5.20. The van der Waals surface area contributed by atoms with Gasteiger partial charge in [-0.1, -0.05) is 23.7 Å². The van der Waals surface area contributed by atoms with Crippen LogP contribution in [0.4, 0.5) is 4.39 Å². The molecule has 0 aromatic heterocycles. The molecule has 0 aliphatic carbocycles. The molecule has 1 atom stereocenters. The zero-order chi connectivity index (χ0) is 11.8. The lowest BCUT2D eigenvalue weighted by molar-refractivity contribution is 0.000386. The molecule has 1 heterocycles. The van der Waals surface area contributed by atoms with Crippen molar-refractivity contribution < 1.29 is 10.5 Å². The highest BCUT2D eigenvalue weighted by molar-refractivity contribution is 6.30. The molecule has 1 N–H and O–H groups in total. The Balaban J connectivity index is 2.45. The van der Waals surface area contributed by atoms with Gasteiger partial charge in [0, 0.05) is 19.2 Å². The van der Waals surface area contributed by atoms with E-state index in [1.165, 1.54) is 11.4 Å². The second-order valence-corrected chi connectivity index (χ2v) is 4.06. The van der Waals surface area contributed by atoms with Crippen LogP contribution in [-0.4, -0.2) is 20.2 Å². The van der Waals surface area contributed by atoms with Crippen LogP contribution in [0.2, 0.25) is 6.43 Å². The number of hydrogen-bond donors (Lipinski definition) is 1. The van der Waals surface area contributed by atoms with E-state index in [0.717, 1.165) is 0 Å². The smallest absolute Gasteiger partial charge is 0.147 e. The van der Waals surface area contributed by atoms with Gasteiger partial charge in [0.1, 0.15) is 12.8 Å². The minimum Gasteiger partial charge on any atom is -0.372 e. The van der Waals surface area contributed by atoms with Gasteiger partial charge in [0.05, 0.1) is 5.02 Å². The summed E-state index contributed by atoms with van der Waals surface area (Å²) in [4.78, 5) is 0. The number of nitrogens with one attached hydrogen (secondary N) is 1. The van der Waals surface area contributed by atoms with Crippen molar-refractivity contribution in [2.45, 2.75) is 12.0 Å². The predicted octanol–water partition coefficient (Wildman–Crippen LogP) is 2.31. The zero-order valence-corrected chi connectivity index (χ0v) is 9.22. The minimum absolute atomic E-state index is 0.0948. The van der Waals surface area contributed by atoms with Gasteiger partial charge in [-0.15, -0.1) is 0 Å². The predicted molar refractivity (Wildman–Crippen MR) is 57.6 cm³/mol. The molecule has 15 heavy (non-hydrogen) atoms. The number of hydrogen-bond acceptors (Lipinski definition) is 2. The van der Waals surface area contributed by atoms with Gasteiger partial charge in [-0.3, -0.25) is 0 Å². The van der Waals surface area contributed by atoms with Crippen LogP contribution in [0.3, 0.4) is 0 Å². The first-order valence-electron chi connectivity index (χ1n) is 5.27. The number of methoxy groups -OCH3 is 1. The highest BCUT2D eigenvalue weighted by Crippen LogP contribution is 2.35. The third-order valence-corrected chi connectivity index (χ3v) is 3.17. The summed E-state index contributed by atoms with van der Waals surface area (Å²) in [5, 5.41) is 1.47. The number of rotatable bonds is 2. The van der Waals surface area contributed by atoms with E-state index in [0.29, 0.717) is 25.1 Å². The van der Waals surface area contributed by atoms with Crippen molar-refractivity contribution >= 4 is 11.6 Å². The lowest BCUT2D eigenvalue weighted by atomic mass is 9.92. The summed E-state index contributed by atoms with van der Waals surface area (Å²) in [5.41, 5.74) is -0.297. The van der Waals surface area contributed by atoms with E-state index >= 15 is 0 Å². The molecule has 0 amide bonds. The maximum absolute atomic E-state index is 13.9. The molecule has 4 heteroatoms. The van der Waals surface area contributed by atoms with Gasteiger partial charge in [0.2, 0.25) is 0 Å². The Morgan fingerprint density at radius 3 is 3.07 bits per heavy atom. The third kappa shape index (κ3) is 1.75. The molecule has 2 nitrogen and oxygen atoms in total. The van der Waals surface area contributed by atoms with E-state index in [4.69, 9.17) is 17.7 Å². The molecule has 0 saturated carbocycles. The van der Waals surface area contributed by atoms with Crippen molar-refractivity contribution in [1.82, 2.24) is 5.31 Å². The van der Waals surface area contributed by atoms with Crippen LogP contribution in [0.25, 0.3) is 0 Å². The van der Waals surface area contributed by atoms with Crippen molar-refractivity contribution in [3.63, 3.8) is 0 Å². The average molecular weight is 231 g/mol. The molecular formula is C11H13ClFNO. The fourth-order valence-corrected chi connectivity index (χ4v) is 2.13. The van der Waals surface area contributed by atoms with Crippen LogP contribution < -0.4 is 5.31 Å². The highest BCUT2D eigenvalue weighted by Gasteiger charge is 2.38. The summed E-state index contributed by atoms with van der Waals surface area (Å²) in [5.74, 6) is -0.443. The lowest BCUT2D eigenvalue weighted by Gasteiger charge is -2.27. The van der Waals surface area contributed by atoms with E-state index in [1.807, 2.05) is 0 Å². The van der Waals surface area contributed by atoms with Crippen molar-refractivity contribution in [1.29, 1.82) is 0 Å². The van der Waals surface area contributed by atoms with Gasteiger partial charge >= 0.3 is 0 Å². The average Bonchev–Trinajstić information content (AvgIpc) is 2.65. The van der Waals surface area contributed by atoms with Gasteiger partial charge in [0.15, 0.2) is 0 Å². The van der Waals surface area contributed by atoms with Crippen molar-refractivity contribution in [2.75, 3.05) is 20.2 Å². The summed E-state index contributed by atoms with van der Waals surface area (Å²) in [6.45, 7) is 0.931. The summed E-state index contributed by atoms with van der Waals surface area (Å²) < 4.78 is 26.9. The fraction of sp³-hybridized carbons (Fsp3) is 0.455. The Bertz CT molecular complexity index is 404. The van der Waals surface area contributed by atoms with Gasteiger partial charge in [-0.2, -0.15) is 0 Å². The normalized spacial score (nSPS) is 28.1. The molecule has 0 bridgehead atoms. The third-order valence-electron chi connectivity index (χ3n) is 2.87. The standard InChI is InChI=1S/C11H13ClFNO/c1-15-11(5-6-14-7-11)8-3-2-4-9(12)10(8)13/h2-4,14H,5-7H2,1H3/i/hD. The summed E-state index contributed by atoms with van der Waals surface area (Å²) in [6, 6.07) is 4.88. The maximum atomic E-state index is 13.9. The second kappa shape index (κ2) is 4.08. The van der Waals surface area contributed by atoms with Crippen LogP contribution in [0.15, 0.2) is 18.2 Å². The largest absolute Gasteiger partial charge is 0.372 e. The molecule has 1 saturated heterocycles. The van der Waals surface area contributed by atoms with E-state index in [9.17, 15) is 4.39 Å². The Morgan fingerprint density at radius 2 is 2.47 bits per heavy atom. The number of halogens is 2. The topological polar surface area (TPSA) is 21.3 Å². The second-order valence-electron chi connectivity index (χ2n) is 3.66. The molecule has 0 spiro atoms. The molecule has 0 radical (unpaired) electrons. The summed E-state index contributed by atoms with van der Waals surface area (Å²) >= 11 is 5.76. The van der Waals surface area contributed by atoms with E-state index < -0.39 is 11.4 Å². The molecule has 1 aliphatic heterocycles. The maximum Gasteiger partial charge on any atom is 0.147 e. The Morgan fingerprint density at radius 1 is 1.67 bits per heavy atom. The van der Waals surface area contributed by atoms with E-state index in [-0.39, 0.29) is 5.02 Å². The van der Waals surface area contributed by atoms with Crippen LogP contribution in [0, 0.1) is 5.82 Å². The molecule has 82 valence electrons. The van der Waals surface area contributed by atoms with Crippen molar-refractivity contribution in [3.8, 4) is 0 Å². The number of ether oxygens (including phenoxy) is 1. The van der Waals surface area contributed by atoms with Crippen LogP contribution in [0.1, 0.15) is 12.0 Å². The van der Waals surface area contributed by atoms with Gasteiger partial charge in [-0.05, 0) is 19.0 Å². The molecule has 1 fully saturated rings. The highest BCUT2D eigenvalue weighted by atomic mass is 35.5. The molecule has 1 unspecified atom stereocenters. The van der Waals surface area contributed by atoms with Crippen LogP contribution in [-0.2, 0) is 10.3 Å². The SMILES string of the molecule is [2H]N1CCC(OC)(c2cccc(Cl)c2F)C1. The van der Waals surface area contributed by atoms with Crippen molar-refractivity contribution in [2.24, 2.45) is 0 Å². The molecule has 1 aliphatic rings. The fourth-order valence-electron chi connectivity index (χ4n) is 1.95. The van der Waals surface area contributed by atoms with Crippen LogP contribution in [0.5, 0.6) is 0 Å². The van der Waals surface area contributed by atoms with Gasteiger partial charge < -0.3 is 10.0 Å². The lowest BCUT2D eigenvalue weighted by Crippen LogP contribution is -2.32. The first-order chi connectivity index (χ1) is 7.59. The minimum atomic E-state index is -0.739. The Hall–Kier alpha value is -0.640. The van der Waals surface area contributed by atoms with Gasteiger partial charge in [0.25, 0.3) is 0 Å². The van der Waals surface area contributed by atoms with Crippen LogP contribution >= 0.6 is 11.6 Å². The van der Waals surface area contributed by atoms with E-state index in [1.54, 1.807) is 19.2 Å². The Kier molecular flexibility index (Phi) is 2.61. The first kappa shape index (κ1) is 9.58. The quantitative estimate of drug-likeness (QED) is 0.842. The molecular weight excluding hydrogens is 217 g/mol. The summed E-state index contributed by atoms with van der Waals surface area (Å²) in [7, 11) is 1.54. The summed E-state index contributed by atoms with van der Waals surface area (Å²) in [6.07, 6.45) is 0.601.